The summed E-state index contributed by atoms with van der Waals surface area (Å²) < 4.78 is 38.1. The number of rotatable bonds is 2. The molecule has 0 amide bonds. The summed E-state index contributed by atoms with van der Waals surface area (Å²) in [4.78, 5) is 0. The third-order valence-electron chi connectivity index (χ3n) is 2.44. The first-order valence-corrected chi connectivity index (χ1v) is 4.92. The Hall–Kier alpha value is -0.880. The average molecular weight is 254 g/mol. The standard InChI is InChI=1S/C9H11ClF3N3/c1-4-5(2)15-16-8(10)7(4)6(3-14)9(11,12)13/h6H,3,14H2,1-2H3. The quantitative estimate of drug-likeness (QED) is 0.880. The van der Waals surface area contributed by atoms with Gasteiger partial charge in [0.15, 0.2) is 5.15 Å². The van der Waals surface area contributed by atoms with Crippen LogP contribution < -0.4 is 5.73 Å². The molecule has 0 aliphatic carbocycles. The molecular weight excluding hydrogens is 243 g/mol. The first kappa shape index (κ1) is 13.2. The zero-order valence-corrected chi connectivity index (χ0v) is 9.52. The number of aryl methyl sites for hydroxylation is 1. The summed E-state index contributed by atoms with van der Waals surface area (Å²) in [7, 11) is 0. The molecule has 1 aromatic rings. The molecule has 0 saturated carbocycles. The Bertz CT molecular complexity index is 392. The number of aromatic nitrogens is 2. The molecule has 1 rings (SSSR count). The van der Waals surface area contributed by atoms with E-state index in [9.17, 15) is 13.2 Å². The van der Waals surface area contributed by atoms with E-state index in [1.807, 2.05) is 0 Å². The molecule has 1 atom stereocenters. The SMILES string of the molecule is Cc1nnc(Cl)c(C(CN)C(F)(F)F)c1C. The van der Waals surface area contributed by atoms with Gasteiger partial charge in [0.2, 0.25) is 0 Å². The maximum atomic E-state index is 12.7. The van der Waals surface area contributed by atoms with Crippen molar-refractivity contribution in [2.24, 2.45) is 5.73 Å². The first-order chi connectivity index (χ1) is 7.29. The number of alkyl halides is 3. The van der Waals surface area contributed by atoms with Gasteiger partial charge in [0.1, 0.15) is 0 Å². The maximum Gasteiger partial charge on any atom is 0.397 e. The highest BCUT2D eigenvalue weighted by Gasteiger charge is 2.42. The third kappa shape index (κ3) is 2.44. The number of nitrogens with two attached hydrogens (primary N) is 1. The van der Waals surface area contributed by atoms with E-state index >= 15 is 0 Å². The Labute approximate surface area is 95.8 Å². The molecule has 0 aliphatic rings. The van der Waals surface area contributed by atoms with Crippen LogP contribution in [0.4, 0.5) is 13.2 Å². The molecule has 1 aromatic heterocycles. The van der Waals surface area contributed by atoms with Crippen LogP contribution in [-0.2, 0) is 0 Å². The predicted octanol–water partition coefficient (Wildman–Crippen LogP) is 2.35. The lowest BCUT2D eigenvalue weighted by atomic mass is 9.95. The summed E-state index contributed by atoms with van der Waals surface area (Å²) >= 11 is 5.65. The fourth-order valence-corrected chi connectivity index (χ4v) is 1.73. The highest BCUT2D eigenvalue weighted by atomic mass is 35.5. The second-order valence-corrected chi connectivity index (χ2v) is 3.80. The van der Waals surface area contributed by atoms with Crippen LogP contribution in [0.15, 0.2) is 0 Å². The smallest absolute Gasteiger partial charge is 0.330 e. The molecule has 1 unspecified atom stereocenters. The van der Waals surface area contributed by atoms with Crippen molar-refractivity contribution < 1.29 is 13.2 Å². The summed E-state index contributed by atoms with van der Waals surface area (Å²) in [6.07, 6.45) is -4.43. The van der Waals surface area contributed by atoms with E-state index in [0.717, 1.165) is 0 Å². The number of nitrogens with zero attached hydrogens (tertiary/aromatic N) is 2. The molecule has 0 aliphatic heterocycles. The molecule has 1 heterocycles. The summed E-state index contributed by atoms with van der Waals surface area (Å²) in [6, 6.07) is 0. The minimum Gasteiger partial charge on any atom is -0.330 e. The molecule has 3 nitrogen and oxygen atoms in total. The lowest BCUT2D eigenvalue weighted by Gasteiger charge is -2.21. The normalized spacial score (nSPS) is 13.9. The lowest BCUT2D eigenvalue weighted by Crippen LogP contribution is -2.29. The fraction of sp³-hybridized carbons (Fsp3) is 0.556. The van der Waals surface area contributed by atoms with Crippen molar-refractivity contribution in [3.8, 4) is 0 Å². The molecule has 7 heteroatoms. The lowest BCUT2D eigenvalue weighted by molar-refractivity contribution is -0.148. The largest absolute Gasteiger partial charge is 0.397 e. The van der Waals surface area contributed by atoms with E-state index in [4.69, 9.17) is 17.3 Å². The van der Waals surface area contributed by atoms with E-state index in [0.29, 0.717) is 11.3 Å². The van der Waals surface area contributed by atoms with Crippen LogP contribution in [0.25, 0.3) is 0 Å². The van der Waals surface area contributed by atoms with Gasteiger partial charge in [0.25, 0.3) is 0 Å². The van der Waals surface area contributed by atoms with Gasteiger partial charge in [-0.25, -0.2) is 0 Å². The second-order valence-electron chi connectivity index (χ2n) is 3.44. The molecule has 90 valence electrons. The van der Waals surface area contributed by atoms with Crippen LogP contribution in [0.5, 0.6) is 0 Å². The van der Waals surface area contributed by atoms with Gasteiger partial charge in [0, 0.05) is 12.1 Å². The molecule has 2 N–H and O–H groups in total. The summed E-state index contributed by atoms with van der Waals surface area (Å²) in [5.41, 5.74) is 5.87. The molecule has 0 bridgehead atoms. The Morgan fingerprint density at radius 2 is 1.88 bits per heavy atom. The number of halogens is 4. The van der Waals surface area contributed by atoms with Gasteiger partial charge in [-0.05, 0) is 19.4 Å². The van der Waals surface area contributed by atoms with Gasteiger partial charge < -0.3 is 5.73 Å². The minimum atomic E-state index is -4.43. The van der Waals surface area contributed by atoms with Crippen LogP contribution >= 0.6 is 11.6 Å². The van der Waals surface area contributed by atoms with Gasteiger partial charge in [0.05, 0.1) is 11.6 Å². The molecule has 16 heavy (non-hydrogen) atoms. The van der Waals surface area contributed by atoms with E-state index in [-0.39, 0.29) is 10.7 Å². The van der Waals surface area contributed by atoms with Gasteiger partial charge in [-0.1, -0.05) is 11.6 Å². The molecule has 0 fully saturated rings. The van der Waals surface area contributed by atoms with Crippen LogP contribution in [0.3, 0.4) is 0 Å². The van der Waals surface area contributed by atoms with Crippen LogP contribution in [0.1, 0.15) is 22.7 Å². The molecular formula is C9H11ClF3N3. The van der Waals surface area contributed by atoms with Gasteiger partial charge in [-0.15, -0.1) is 5.10 Å². The predicted molar refractivity (Wildman–Crippen MR) is 54.4 cm³/mol. The van der Waals surface area contributed by atoms with Gasteiger partial charge in [-0.3, -0.25) is 0 Å². The van der Waals surface area contributed by atoms with Gasteiger partial charge in [-0.2, -0.15) is 18.3 Å². The molecule has 0 saturated heterocycles. The Morgan fingerprint density at radius 1 is 1.31 bits per heavy atom. The Morgan fingerprint density at radius 3 is 2.31 bits per heavy atom. The molecule has 0 radical (unpaired) electrons. The number of hydrogen-bond donors (Lipinski definition) is 1. The van der Waals surface area contributed by atoms with Crippen molar-refractivity contribution in [2.75, 3.05) is 6.54 Å². The Balaban J connectivity index is 3.36. The Kier molecular flexibility index (Phi) is 3.75. The highest BCUT2D eigenvalue weighted by molar-refractivity contribution is 6.30. The number of hydrogen-bond acceptors (Lipinski definition) is 3. The highest BCUT2D eigenvalue weighted by Crippen LogP contribution is 2.38. The zero-order valence-electron chi connectivity index (χ0n) is 8.77. The van der Waals surface area contributed by atoms with Crippen molar-refractivity contribution in [1.29, 1.82) is 0 Å². The zero-order chi connectivity index (χ0) is 12.5. The van der Waals surface area contributed by atoms with E-state index < -0.39 is 18.6 Å². The van der Waals surface area contributed by atoms with Crippen LogP contribution in [-0.4, -0.2) is 22.9 Å². The van der Waals surface area contributed by atoms with E-state index in [2.05, 4.69) is 10.2 Å². The minimum absolute atomic E-state index is 0.0795. The second kappa shape index (κ2) is 4.55. The summed E-state index contributed by atoms with van der Waals surface area (Å²) in [5.74, 6) is -1.80. The van der Waals surface area contributed by atoms with E-state index in [1.165, 1.54) is 6.92 Å². The van der Waals surface area contributed by atoms with E-state index in [1.54, 1.807) is 6.92 Å². The third-order valence-corrected chi connectivity index (χ3v) is 2.72. The van der Waals surface area contributed by atoms with Crippen molar-refractivity contribution in [2.45, 2.75) is 25.9 Å². The maximum absolute atomic E-state index is 12.7. The summed E-state index contributed by atoms with van der Waals surface area (Å²) in [6.45, 7) is 2.54. The van der Waals surface area contributed by atoms with Crippen LogP contribution in [0.2, 0.25) is 5.15 Å². The van der Waals surface area contributed by atoms with Crippen LogP contribution in [0, 0.1) is 13.8 Å². The van der Waals surface area contributed by atoms with Crippen molar-refractivity contribution in [3.05, 3.63) is 22.0 Å². The summed E-state index contributed by atoms with van der Waals surface area (Å²) in [5, 5.41) is 6.89. The monoisotopic (exact) mass is 253 g/mol. The van der Waals surface area contributed by atoms with Crippen molar-refractivity contribution >= 4 is 11.6 Å². The fourth-order valence-electron chi connectivity index (χ4n) is 1.42. The molecule has 0 aromatic carbocycles. The average Bonchev–Trinajstić information content (AvgIpc) is 2.16. The van der Waals surface area contributed by atoms with Gasteiger partial charge >= 0.3 is 6.18 Å². The molecule has 0 spiro atoms. The van der Waals surface area contributed by atoms with Crippen molar-refractivity contribution in [1.82, 2.24) is 10.2 Å². The first-order valence-electron chi connectivity index (χ1n) is 4.55. The van der Waals surface area contributed by atoms with Crippen molar-refractivity contribution in [3.63, 3.8) is 0 Å². The topological polar surface area (TPSA) is 51.8 Å².